The molecule has 0 unspecified atom stereocenters. The number of amides is 1. The highest BCUT2D eigenvalue weighted by molar-refractivity contribution is 5.85. The minimum absolute atomic E-state index is 0. The molecule has 6 heteroatoms. The van der Waals surface area contributed by atoms with E-state index in [1.807, 2.05) is 0 Å². The Labute approximate surface area is 130 Å². The summed E-state index contributed by atoms with van der Waals surface area (Å²) < 4.78 is 25.7. The van der Waals surface area contributed by atoms with Gasteiger partial charge in [0.1, 0.15) is 0 Å². The lowest BCUT2D eigenvalue weighted by Crippen LogP contribution is -2.31. The predicted octanol–water partition coefficient (Wildman–Crippen LogP) is 2.83. The van der Waals surface area contributed by atoms with Gasteiger partial charge in [-0.25, -0.2) is 8.78 Å². The van der Waals surface area contributed by atoms with Gasteiger partial charge in [-0.3, -0.25) is 4.79 Å². The van der Waals surface area contributed by atoms with Gasteiger partial charge in [-0.1, -0.05) is 13.0 Å². The Kier molecular flexibility index (Phi) is 10.8. The summed E-state index contributed by atoms with van der Waals surface area (Å²) in [4.78, 5) is 11.5. The Morgan fingerprint density at radius 1 is 1.14 bits per heavy atom. The number of hydrogen-bond donors (Lipinski definition) is 2. The van der Waals surface area contributed by atoms with Crippen LogP contribution in [0.25, 0.3) is 0 Å². The standard InChI is InChI=1S/C15H22F2N2O.ClH/c1-2-8-18-9-10-19-15(20)5-3-4-12-6-7-13(16)14(17)11-12;/h6-7,11,18H,2-5,8-10H2,1H3,(H,19,20);1H. The topological polar surface area (TPSA) is 41.1 Å². The van der Waals surface area contributed by atoms with Crippen molar-refractivity contribution in [2.45, 2.75) is 32.6 Å². The average molecular weight is 321 g/mol. The Morgan fingerprint density at radius 2 is 1.90 bits per heavy atom. The minimum Gasteiger partial charge on any atom is -0.355 e. The van der Waals surface area contributed by atoms with Crippen LogP contribution in [0.5, 0.6) is 0 Å². The molecule has 0 radical (unpaired) electrons. The fraction of sp³-hybridized carbons (Fsp3) is 0.533. The third-order valence-electron chi connectivity index (χ3n) is 2.90. The SMILES string of the molecule is CCCNCCNC(=O)CCCc1ccc(F)c(F)c1.Cl. The number of benzene rings is 1. The Hall–Kier alpha value is -1.20. The molecule has 0 saturated carbocycles. The first-order chi connectivity index (χ1) is 9.63. The van der Waals surface area contributed by atoms with Crippen molar-refractivity contribution >= 4 is 18.3 Å². The third kappa shape index (κ3) is 8.63. The van der Waals surface area contributed by atoms with Crippen molar-refractivity contribution in [2.75, 3.05) is 19.6 Å². The first kappa shape index (κ1) is 19.8. The van der Waals surface area contributed by atoms with Crippen molar-refractivity contribution in [3.8, 4) is 0 Å². The summed E-state index contributed by atoms with van der Waals surface area (Å²) in [6, 6.07) is 3.84. The number of rotatable bonds is 9. The van der Waals surface area contributed by atoms with Crippen LogP contribution in [0.4, 0.5) is 8.78 Å². The average Bonchev–Trinajstić information content (AvgIpc) is 2.42. The number of aryl methyl sites for hydroxylation is 1. The maximum absolute atomic E-state index is 13.0. The summed E-state index contributed by atoms with van der Waals surface area (Å²) in [6.07, 6.45) is 2.66. The fourth-order valence-corrected chi connectivity index (χ4v) is 1.83. The zero-order valence-electron chi connectivity index (χ0n) is 12.3. The first-order valence-electron chi connectivity index (χ1n) is 7.04. The Balaban J connectivity index is 0.00000400. The van der Waals surface area contributed by atoms with Gasteiger partial charge in [0, 0.05) is 19.5 Å². The van der Waals surface area contributed by atoms with Gasteiger partial charge in [-0.05, 0) is 43.5 Å². The minimum atomic E-state index is -0.842. The number of nitrogens with one attached hydrogen (secondary N) is 2. The molecule has 0 aromatic heterocycles. The summed E-state index contributed by atoms with van der Waals surface area (Å²) in [5.74, 6) is -1.69. The van der Waals surface area contributed by atoms with Crippen LogP contribution in [0.2, 0.25) is 0 Å². The number of carbonyl (C=O) groups is 1. The molecule has 2 N–H and O–H groups in total. The predicted molar refractivity (Wildman–Crippen MR) is 82.7 cm³/mol. The summed E-state index contributed by atoms with van der Waals surface area (Å²) in [5, 5.41) is 6.00. The van der Waals surface area contributed by atoms with Crippen molar-refractivity contribution in [1.29, 1.82) is 0 Å². The van der Waals surface area contributed by atoms with E-state index in [4.69, 9.17) is 0 Å². The van der Waals surface area contributed by atoms with E-state index in [0.717, 1.165) is 25.6 Å². The van der Waals surface area contributed by atoms with Gasteiger partial charge < -0.3 is 10.6 Å². The van der Waals surface area contributed by atoms with E-state index in [0.29, 0.717) is 31.4 Å². The zero-order chi connectivity index (χ0) is 14.8. The molecular weight excluding hydrogens is 298 g/mol. The van der Waals surface area contributed by atoms with Gasteiger partial charge >= 0.3 is 0 Å². The lowest BCUT2D eigenvalue weighted by Gasteiger charge is -2.06. The molecule has 0 aliphatic heterocycles. The van der Waals surface area contributed by atoms with E-state index < -0.39 is 11.6 Å². The van der Waals surface area contributed by atoms with Gasteiger partial charge in [-0.15, -0.1) is 12.4 Å². The van der Waals surface area contributed by atoms with Gasteiger partial charge in [0.2, 0.25) is 5.91 Å². The van der Waals surface area contributed by atoms with E-state index >= 15 is 0 Å². The molecule has 1 aromatic rings. The first-order valence-corrected chi connectivity index (χ1v) is 7.04. The van der Waals surface area contributed by atoms with E-state index in [9.17, 15) is 13.6 Å². The molecule has 120 valence electrons. The zero-order valence-corrected chi connectivity index (χ0v) is 13.1. The molecule has 0 aliphatic carbocycles. The van der Waals surface area contributed by atoms with Crippen LogP contribution in [0.3, 0.4) is 0 Å². The largest absolute Gasteiger partial charge is 0.355 e. The molecule has 0 heterocycles. The molecule has 1 aromatic carbocycles. The second-order valence-electron chi connectivity index (χ2n) is 4.70. The second kappa shape index (κ2) is 11.5. The van der Waals surface area contributed by atoms with Crippen LogP contribution in [-0.2, 0) is 11.2 Å². The highest BCUT2D eigenvalue weighted by Crippen LogP contribution is 2.11. The van der Waals surface area contributed by atoms with Gasteiger partial charge in [0.15, 0.2) is 11.6 Å². The van der Waals surface area contributed by atoms with Crippen LogP contribution in [0.15, 0.2) is 18.2 Å². The summed E-state index contributed by atoms with van der Waals surface area (Å²) in [6.45, 7) is 4.42. The summed E-state index contributed by atoms with van der Waals surface area (Å²) in [7, 11) is 0. The van der Waals surface area contributed by atoms with E-state index in [2.05, 4.69) is 17.6 Å². The molecule has 1 amide bonds. The molecule has 0 fully saturated rings. The van der Waals surface area contributed by atoms with E-state index in [-0.39, 0.29) is 18.3 Å². The summed E-state index contributed by atoms with van der Waals surface area (Å²) in [5.41, 5.74) is 0.710. The van der Waals surface area contributed by atoms with Gasteiger partial charge in [-0.2, -0.15) is 0 Å². The third-order valence-corrected chi connectivity index (χ3v) is 2.90. The van der Waals surface area contributed by atoms with Crippen molar-refractivity contribution in [3.05, 3.63) is 35.4 Å². The molecule has 21 heavy (non-hydrogen) atoms. The van der Waals surface area contributed by atoms with Crippen molar-refractivity contribution in [1.82, 2.24) is 10.6 Å². The van der Waals surface area contributed by atoms with Crippen LogP contribution < -0.4 is 10.6 Å². The van der Waals surface area contributed by atoms with Crippen LogP contribution in [-0.4, -0.2) is 25.5 Å². The fourth-order valence-electron chi connectivity index (χ4n) is 1.83. The number of carbonyl (C=O) groups excluding carboxylic acids is 1. The van der Waals surface area contributed by atoms with Crippen molar-refractivity contribution in [2.24, 2.45) is 0 Å². The molecule has 0 bridgehead atoms. The Morgan fingerprint density at radius 3 is 2.57 bits per heavy atom. The molecule has 0 atom stereocenters. The number of hydrogen-bond acceptors (Lipinski definition) is 2. The quantitative estimate of drug-likeness (QED) is 0.687. The smallest absolute Gasteiger partial charge is 0.220 e. The second-order valence-corrected chi connectivity index (χ2v) is 4.70. The summed E-state index contributed by atoms with van der Waals surface area (Å²) >= 11 is 0. The van der Waals surface area contributed by atoms with E-state index in [1.54, 1.807) is 6.07 Å². The molecular formula is C15H23ClF2N2O. The van der Waals surface area contributed by atoms with E-state index in [1.165, 1.54) is 6.07 Å². The van der Waals surface area contributed by atoms with Crippen LogP contribution in [0, 0.1) is 11.6 Å². The molecule has 0 saturated heterocycles. The lowest BCUT2D eigenvalue weighted by atomic mass is 10.1. The molecule has 0 aliphatic rings. The normalized spacial score (nSPS) is 10.0. The van der Waals surface area contributed by atoms with Gasteiger partial charge in [0.25, 0.3) is 0 Å². The molecule has 1 rings (SSSR count). The van der Waals surface area contributed by atoms with Crippen molar-refractivity contribution in [3.63, 3.8) is 0 Å². The van der Waals surface area contributed by atoms with Gasteiger partial charge in [0.05, 0.1) is 0 Å². The number of halogens is 3. The maximum Gasteiger partial charge on any atom is 0.220 e. The Bertz CT molecular complexity index is 430. The maximum atomic E-state index is 13.0. The van der Waals surface area contributed by atoms with Crippen LogP contribution >= 0.6 is 12.4 Å². The lowest BCUT2D eigenvalue weighted by molar-refractivity contribution is -0.121. The van der Waals surface area contributed by atoms with Crippen molar-refractivity contribution < 1.29 is 13.6 Å². The van der Waals surface area contributed by atoms with Crippen LogP contribution in [0.1, 0.15) is 31.7 Å². The monoisotopic (exact) mass is 320 g/mol. The highest BCUT2D eigenvalue weighted by Gasteiger charge is 2.04. The molecule has 3 nitrogen and oxygen atoms in total. The highest BCUT2D eigenvalue weighted by atomic mass is 35.5. The molecule has 0 spiro atoms.